The van der Waals surface area contributed by atoms with E-state index < -0.39 is 17.8 Å². The maximum Gasteiger partial charge on any atom is 0.319 e. The van der Waals surface area contributed by atoms with Crippen LogP contribution in [0.3, 0.4) is 0 Å². The molecule has 3 unspecified atom stereocenters. The number of carbonyl (C=O) groups excluding carboxylic acids is 4. The topological polar surface area (TPSA) is 186 Å². The van der Waals surface area contributed by atoms with E-state index in [1.165, 1.54) is 12.8 Å². The van der Waals surface area contributed by atoms with Gasteiger partial charge in [0.25, 0.3) is 5.91 Å². The van der Waals surface area contributed by atoms with E-state index in [9.17, 15) is 24.3 Å². The average molecular weight is 971 g/mol. The number of aromatic nitrogens is 3. The van der Waals surface area contributed by atoms with Crippen LogP contribution in [0.1, 0.15) is 79.8 Å². The Kier molecular flexibility index (Phi) is 13.8. The van der Waals surface area contributed by atoms with Crippen molar-refractivity contribution in [1.29, 1.82) is 0 Å². The molecule has 3 aromatic carbocycles. The predicted octanol–water partition coefficient (Wildman–Crippen LogP) is 5.19. The summed E-state index contributed by atoms with van der Waals surface area (Å²) in [6, 6.07) is 15.4. The molecule has 0 aliphatic carbocycles. The molecular formula is C53H63FN10O7. The largest absolute Gasteiger partial charge is 0.508 e. The first kappa shape index (κ1) is 48.1. The number of aryl methyl sites for hydroxylation is 1. The van der Waals surface area contributed by atoms with E-state index in [4.69, 9.17) is 14.7 Å². The van der Waals surface area contributed by atoms with Crippen molar-refractivity contribution < 1.29 is 38.1 Å². The summed E-state index contributed by atoms with van der Waals surface area (Å²) in [5.41, 5.74) is 4.60. The van der Waals surface area contributed by atoms with Crippen LogP contribution in [0.4, 0.5) is 15.9 Å². The van der Waals surface area contributed by atoms with E-state index in [1.807, 2.05) is 36.4 Å². The van der Waals surface area contributed by atoms with Gasteiger partial charge in [0, 0.05) is 102 Å². The van der Waals surface area contributed by atoms with Gasteiger partial charge in [-0.05, 0) is 117 Å². The zero-order valence-corrected chi connectivity index (χ0v) is 40.8. The van der Waals surface area contributed by atoms with Crippen LogP contribution >= 0.6 is 0 Å². The number of benzene rings is 3. The van der Waals surface area contributed by atoms with Gasteiger partial charge in [0.1, 0.15) is 35.4 Å². The Morgan fingerprint density at radius 2 is 1.65 bits per heavy atom. The number of piperazine rings is 2. The van der Waals surface area contributed by atoms with Crippen molar-refractivity contribution in [3.05, 3.63) is 77.2 Å². The fourth-order valence-corrected chi connectivity index (χ4v) is 12.0. The van der Waals surface area contributed by atoms with Crippen LogP contribution in [0, 0.1) is 5.82 Å². The number of fused-ring (bicyclic) bond motifs is 6. The van der Waals surface area contributed by atoms with E-state index in [1.54, 1.807) is 42.3 Å². The zero-order valence-electron chi connectivity index (χ0n) is 40.8. The third-order valence-electron chi connectivity index (χ3n) is 15.5. The first-order chi connectivity index (χ1) is 34.5. The lowest BCUT2D eigenvalue weighted by molar-refractivity contribution is -0.137. The van der Waals surface area contributed by atoms with Crippen LogP contribution < -0.4 is 25.2 Å². The Hall–Kier alpha value is -6.50. The summed E-state index contributed by atoms with van der Waals surface area (Å²) in [6.45, 7) is 9.67. The molecule has 0 saturated carbocycles. The summed E-state index contributed by atoms with van der Waals surface area (Å²) < 4.78 is 27.4. The molecule has 7 aliphatic rings. The zero-order chi connectivity index (χ0) is 49.4. The Balaban J connectivity index is 0.000000172. The average Bonchev–Trinajstić information content (AvgIpc) is 4.15. The lowest BCUT2D eigenvalue weighted by Gasteiger charge is -2.34. The van der Waals surface area contributed by atoms with Gasteiger partial charge in [-0.25, -0.2) is 4.39 Å². The highest BCUT2D eigenvalue weighted by atomic mass is 19.1. The molecule has 374 valence electrons. The Morgan fingerprint density at radius 1 is 0.901 bits per heavy atom. The maximum absolute atomic E-state index is 16.8. The highest BCUT2D eigenvalue weighted by Crippen LogP contribution is 2.41. The first-order valence-electron chi connectivity index (χ1n) is 25.1. The molecule has 5 aromatic rings. The number of phenolic OH excluding ortho intramolecular Hbond substituents is 1. The van der Waals surface area contributed by atoms with Crippen LogP contribution in [0.15, 0.2) is 54.7 Å². The van der Waals surface area contributed by atoms with Crippen LogP contribution in [0.25, 0.3) is 32.9 Å². The summed E-state index contributed by atoms with van der Waals surface area (Å²) in [7, 11) is 3.25. The maximum atomic E-state index is 16.8. The van der Waals surface area contributed by atoms with E-state index in [2.05, 4.69) is 42.0 Å². The summed E-state index contributed by atoms with van der Waals surface area (Å²) in [4.78, 5) is 71.6. The number of anilines is 2. The van der Waals surface area contributed by atoms with Gasteiger partial charge in [0.05, 0.1) is 10.9 Å². The molecule has 12 rings (SSSR count). The molecule has 6 fully saturated rings. The van der Waals surface area contributed by atoms with Gasteiger partial charge in [0.2, 0.25) is 18.2 Å². The number of piperidine rings is 1. The Morgan fingerprint density at radius 3 is 2.35 bits per heavy atom. The number of nitrogens with zero attached hydrogens (tertiary/aromatic N) is 8. The molecule has 7 aliphatic heterocycles. The number of pyridine rings is 1. The number of ether oxygens (including phenoxy) is 2. The van der Waals surface area contributed by atoms with Crippen molar-refractivity contribution in [3.8, 4) is 23.0 Å². The standard InChI is InChI=1S/C33H37FN6O2.C18H20N4O4.C2H6O/c1-2-20-6-3-7-21-14-24(41)15-25(27(20)21)29-28(34)30-26(16-35-29)31(39-17-22-8-9-23(18-39)36-22)38-32(37-30)42-19-33-10-4-12-40(33)13-5-11-33;23-11-20-5-7-21(8-6-20)13-1-2-14-12(9-13)10-22(18(14)26)15-3-4-16(24)19-17(15)25;1-3-2/h3,6-7,14-16,22-23,36,41H,2,4-5,8-13,17-19H2,1H3;1-2,9,11,15H,3-8,10H2,(H,19,24,25);1-2H3. The molecule has 2 aromatic heterocycles. The summed E-state index contributed by atoms with van der Waals surface area (Å²) in [5, 5.41) is 18.9. The van der Waals surface area contributed by atoms with E-state index >= 15 is 4.39 Å². The molecule has 71 heavy (non-hydrogen) atoms. The number of phenols is 1. The molecule has 0 radical (unpaired) electrons. The highest BCUT2D eigenvalue weighted by Gasteiger charge is 2.45. The molecule has 3 atom stereocenters. The van der Waals surface area contributed by atoms with Crippen LogP contribution in [-0.2, 0) is 32.1 Å². The molecule has 9 heterocycles. The smallest absolute Gasteiger partial charge is 0.319 e. The minimum atomic E-state index is -0.591. The minimum Gasteiger partial charge on any atom is -0.508 e. The first-order valence-corrected chi connectivity index (χ1v) is 25.1. The molecule has 2 bridgehead atoms. The normalized spacial score (nSPS) is 22.5. The number of imide groups is 1. The number of methoxy groups -OCH3 is 1. The van der Waals surface area contributed by atoms with Crippen molar-refractivity contribution in [2.24, 2.45) is 0 Å². The van der Waals surface area contributed by atoms with Crippen molar-refractivity contribution >= 4 is 57.3 Å². The van der Waals surface area contributed by atoms with Crippen LogP contribution in [0.5, 0.6) is 11.8 Å². The van der Waals surface area contributed by atoms with Crippen LogP contribution in [-0.4, -0.2) is 156 Å². The SMILES string of the molecule is CCc1cccc2cc(O)cc(-c3ncc4c(N5CC6CCC(C5)N6)nc(OCC56CCCN5CCC6)nc4c3F)c12.COC.O=CN1CCN(c2ccc3c(c2)CN(C2CCC(=O)NC2=O)C3=O)CC1. The Labute approximate surface area is 412 Å². The summed E-state index contributed by atoms with van der Waals surface area (Å²) in [6.07, 6.45) is 10.8. The third kappa shape index (κ3) is 9.44. The monoisotopic (exact) mass is 970 g/mol. The van der Waals surface area contributed by atoms with Gasteiger partial charge < -0.3 is 39.5 Å². The lowest BCUT2D eigenvalue weighted by atomic mass is 9.95. The number of rotatable bonds is 9. The fraction of sp³-hybridized carbons (Fsp3) is 0.491. The Bertz CT molecular complexity index is 2840. The molecular weight excluding hydrogens is 908 g/mol. The number of carbonyl (C=O) groups is 4. The second-order valence-electron chi connectivity index (χ2n) is 19.9. The van der Waals surface area contributed by atoms with Gasteiger partial charge in [-0.2, -0.15) is 9.97 Å². The van der Waals surface area contributed by atoms with E-state index in [-0.39, 0.29) is 46.7 Å². The molecule has 18 heteroatoms. The van der Waals surface area contributed by atoms with Gasteiger partial charge in [-0.3, -0.25) is 34.4 Å². The van der Waals surface area contributed by atoms with Crippen LogP contribution in [0.2, 0.25) is 0 Å². The number of aromatic hydroxyl groups is 1. The molecule has 17 nitrogen and oxygen atoms in total. The quantitative estimate of drug-likeness (QED) is 0.130. The van der Waals surface area contributed by atoms with Gasteiger partial charge in [-0.15, -0.1) is 0 Å². The van der Waals surface area contributed by atoms with Gasteiger partial charge in [-0.1, -0.05) is 25.1 Å². The fourth-order valence-electron chi connectivity index (χ4n) is 12.0. The molecule has 0 spiro atoms. The second kappa shape index (κ2) is 20.3. The van der Waals surface area contributed by atoms with Gasteiger partial charge >= 0.3 is 6.01 Å². The lowest BCUT2D eigenvalue weighted by Crippen LogP contribution is -2.52. The second-order valence-corrected chi connectivity index (χ2v) is 19.9. The van der Waals surface area contributed by atoms with E-state index in [0.717, 1.165) is 105 Å². The number of amides is 4. The van der Waals surface area contributed by atoms with Crippen molar-refractivity contribution in [3.63, 3.8) is 0 Å². The number of hydrogen-bond donors (Lipinski definition) is 3. The van der Waals surface area contributed by atoms with E-state index in [0.29, 0.717) is 67.1 Å². The minimum absolute atomic E-state index is 0.0333. The third-order valence-corrected chi connectivity index (χ3v) is 15.5. The molecule has 3 N–H and O–H groups in total. The molecule has 6 saturated heterocycles. The van der Waals surface area contributed by atoms with Crippen molar-refractivity contribution in [2.75, 3.05) is 83.0 Å². The summed E-state index contributed by atoms with van der Waals surface area (Å²) in [5.74, 6) is -0.591. The highest BCUT2D eigenvalue weighted by molar-refractivity contribution is 6.06. The number of nitrogens with one attached hydrogen (secondary N) is 2. The molecule has 4 amide bonds. The van der Waals surface area contributed by atoms with Crippen molar-refractivity contribution in [1.82, 2.24) is 40.3 Å². The summed E-state index contributed by atoms with van der Waals surface area (Å²) >= 11 is 0. The predicted molar refractivity (Wildman–Crippen MR) is 267 cm³/mol. The number of hydrogen-bond acceptors (Lipinski definition) is 14. The van der Waals surface area contributed by atoms with Gasteiger partial charge in [0.15, 0.2) is 5.82 Å². The number of halogens is 1. The van der Waals surface area contributed by atoms with Crippen molar-refractivity contribution in [2.45, 2.75) is 94.9 Å².